The molecule has 0 rings (SSSR count). The smallest absolute Gasteiger partial charge is 0.161 e. The van der Waals surface area contributed by atoms with E-state index in [9.17, 15) is 20.4 Å². The van der Waals surface area contributed by atoms with Gasteiger partial charge in [0.25, 0.3) is 0 Å². The lowest BCUT2D eigenvalue weighted by Gasteiger charge is -2.31. The lowest BCUT2D eigenvalue weighted by atomic mass is 9.92. The molecule has 4 N–H and O–H groups in total. The van der Waals surface area contributed by atoms with Crippen LogP contribution in [0.1, 0.15) is 13.8 Å². The van der Waals surface area contributed by atoms with Gasteiger partial charge in [0.2, 0.25) is 0 Å². The standard InChI is InChI=1S/C14H30O8/c1-13(7-19-3,11(15)16)9-21-5-6-22-10-14(2,8-20-4)12(17)18/h11-12,15-18H,5-10H2,1-4H3. The van der Waals surface area contributed by atoms with Crippen LogP contribution in [0.25, 0.3) is 0 Å². The minimum absolute atomic E-state index is 0.0971. The first-order chi connectivity index (χ1) is 10.2. The second-order valence-corrected chi connectivity index (χ2v) is 6.03. The molecule has 134 valence electrons. The van der Waals surface area contributed by atoms with Crippen molar-refractivity contribution in [3.05, 3.63) is 0 Å². The predicted octanol–water partition coefficient (Wildman–Crippen LogP) is -1.05. The quantitative estimate of drug-likeness (QED) is 0.250. The second kappa shape index (κ2) is 10.5. The molecule has 0 fully saturated rings. The molecule has 0 aliphatic heterocycles. The van der Waals surface area contributed by atoms with E-state index in [1.807, 2.05) is 0 Å². The van der Waals surface area contributed by atoms with Crippen molar-refractivity contribution in [1.29, 1.82) is 0 Å². The fourth-order valence-corrected chi connectivity index (χ4v) is 1.77. The van der Waals surface area contributed by atoms with Gasteiger partial charge in [-0.05, 0) is 0 Å². The van der Waals surface area contributed by atoms with Crippen molar-refractivity contribution in [3.63, 3.8) is 0 Å². The summed E-state index contributed by atoms with van der Waals surface area (Å²) in [5.74, 6) is 0. The third kappa shape index (κ3) is 7.30. The lowest BCUT2D eigenvalue weighted by molar-refractivity contribution is -0.181. The number of hydrogen-bond acceptors (Lipinski definition) is 8. The zero-order chi connectivity index (χ0) is 17.2. The fraction of sp³-hybridized carbons (Fsp3) is 1.00. The van der Waals surface area contributed by atoms with E-state index in [0.29, 0.717) is 0 Å². The van der Waals surface area contributed by atoms with Crippen LogP contribution in [0.2, 0.25) is 0 Å². The molecule has 0 saturated heterocycles. The molecule has 2 atom stereocenters. The van der Waals surface area contributed by atoms with Crippen molar-refractivity contribution in [3.8, 4) is 0 Å². The first kappa shape index (κ1) is 21.7. The molecule has 22 heavy (non-hydrogen) atoms. The Morgan fingerprint density at radius 3 is 1.23 bits per heavy atom. The summed E-state index contributed by atoms with van der Waals surface area (Å²) in [7, 11) is 2.95. The zero-order valence-electron chi connectivity index (χ0n) is 13.8. The molecule has 0 bridgehead atoms. The lowest BCUT2D eigenvalue weighted by Crippen LogP contribution is -2.41. The molecular formula is C14H30O8. The molecule has 0 aromatic carbocycles. The van der Waals surface area contributed by atoms with E-state index in [1.54, 1.807) is 13.8 Å². The molecule has 8 nitrogen and oxygen atoms in total. The Morgan fingerprint density at radius 1 is 0.682 bits per heavy atom. The molecule has 0 amide bonds. The maximum absolute atomic E-state index is 9.33. The Bertz CT molecular complexity index is 258. The van der Waals surface area contributed by atoms with Crippen molar-refractivity contribution in [2.75, 3.05) is 53.9 Å². The Labute approximate surface area is 131 Å². The molecule has 0 aromatic rings. The summed E-state index contributed by atoms with van der Waals surface area (Å²) in [5.41, 5.74) is -1.83. The van der Waals surface area contributed by atoms with Crippen LogP contribution in [-0.2, 0) is 18.9 Å². The summed E-state index contributed by atoms with van der Waals surface area (Å²) in [5, 5.41) is 37.3. The molecule has 0 aromatic heterocycles. The van der Waals surface area contributed by atoms with E-state index in [4.69, 9.17) is 18.9 Å². The van der Waals surface area contributed by atoms with Crippen LogP contribution in [0.5, 0.6) is 0 Å². The zero-order valence-corrected chi connectivity index (χ0v) is 13.8. The first-order valence-corrected chi connectivity index (χ1v) is 7.07. The van der Waals surface area contributed by atoms with E-state index >= 15 is 0 Å². The molecule has 0 aliphatic carbocycles. The molecule has 0 heterocycles. The fourth-order valence-electron chi connectivity index (χ4n) is 1.77. The van der Waals surface area contributed by atoms with Gasteiger partial charge >= 0.3 is 0 Å². The highest BCUT2D eigenvalue weighted by molar-refractivity contribution is 4.76. The minimum Gasteiger partial charge on any atom is -0.384 e. The van der Waals surface area contributed by atoms with E-state index in [2.05, 4.69) is 0 Å². The molecular weight excluding hydrogens is 296 g/mol. The van der Waals surface area contributed by atoms with Gasteiger partial charge in [0.1, 0.15) is 0 Å². The van der Waals surface area contributed by atoms with E-state index < -0.39 is 23.4 Å². The molecule has 0 radical (unpaired) electrons. The van der Waals surface area contributed by atoms with Gasteiger partial charge in [-0.1, -0.05) is 13.8 Å². The van der Waals surface area contributed by atoms with Crippen LogP contribution in [0.4, 0.5) is 0 Å². The Kier molecular flexibility index (Phi) is 10.3. The van der Waals surface area contributed by atoms with Gasteiger partial charge in [-0.25, -0.2) is 0 Å². The predicted molar refractivity (Wildman–Crippen MR) is 78.1 cm³/mol. The summed E-state index contributed by atoms with van der Waals surface area (Å²) in [6, 6.07) is 0. The molecule has 0 saturated carbocycles. The minimum atomic E-state index is -1.55. The normalized spacial score (nSPS) is 17.7. The Morgan fingerprint density at radius 2 is 1.00 bits per heavy atom. The first-order valence-electron chi connectivity index (χ1n) is 7.07. The largest absolute Gasteiger partial charge is 0.384 e. The van der Waals surface area contributed by atoms with Crippen LogP contribution >= 0.6 is 0 Å². The summed E-state index contributed by atoms with van der Waals surface area (Å²) in [6.45, 7) is 4.23. The van der Waals surface area contributed by atoms with Crippen molar-refractivity contribution in [2.24, 2.45) is 10.8 Å². The van der Waals surface area contributed by atoms with Crippen LogP contribution in [0, 0.1) is 10.8 Å². The number of rotatable bonds is 13. The van der Waals surface area contributed by atoms with Gasteiger partial charge in [0, 0.05) is 14.2 Å². The summed E-state index contributed by atoms with van der Waals surface area (Å²) >= 11 is 0. The van der Waals surface area contributed by atoms with E-state index in [-0.39, 0.29) is 39.6 Å². The van der Waals surface area contributed by atoms with Gasteiger partial charge in [-0.2, -0.15) is 0 Å². The number of hydrogen-bond donors (Lipinski definition) is 4. The number of aliphatic hydroxyl groups excluding tert-OH is 2. The maximum Gasteiger partial charge on any atom is 0.161 e. The summed E-state index contributed by atoms with van der Waals surface area (Å²) in [4.78, 5) is 0. The highest BCUT2D eigenvalue weighted by atomic mass is 16.5. The van der Waals surface area contributed by atoms with Crippen molar-refractivity contribution < 1.29 is 39.4 Å². The summed E-state index contributed by atoms with van der Waals surface area (Å²) < 4.78 is 20.6. The molecule has 0 spiro atoms. The van der Waals surface area contributed by atoms with Crippen LogP contribution in [0.3, 0.4) is 0 Å². The Hall–Kier alpha value is -0.320. The van der Waals surface area contributed by atoms with E-state index in [0.717, 1.165) is 0 Å². The van der Waals surface area contributed by atoms with Gasteiger partial charge < -0.3 is 39.4 Å². The monoisotopic (exact) mass is 326 g/mol. The molecule has 8 heteroatoms. The SMILES string of the molecule is COCC(C)(COCCOCC(C)(COC)C(O)O)C(O)O. The number of ether oxygens (including phenoxy) is 4. The van der Waals surface area contributed by atoms with Gasteiger partial charge in [0.05, 0.1) is 50.5 Å². The number of aliphatic hydroxyl groups is 4. The topological polar surface area (TPSA) is 118 Å². The molecule has 0 aliphatic rings. The van der Waals surface area contributed by atoms with Crippen molar-refractivity contribution in [1.82, 2.24) is 0 Å². The van der Waals surface area contributed by atoms with Crippen molar-refractivity contribution in [2.45, 2.75) is 26.4 Å². The molecule has 2 unspecified atom stereocenters. The van der Waals surface area contributed by atoms with Crippen LogP contribution in [-0.4, -0.2) is 86.9 Å². The highest BCUT2D eigenvalue weighted by Gasteiger charge is 2.33. The third-order valence-corrected chi connectivity index (χ3v) is 3.43. The average Bonchev–Trinajstić information content (AvgIpc) is 2.43. The van der Waals surface area contributed by atoms with Gasteiger partial charge in [-0.15, -0.1) is 0 Å². The third-order valence-electron chi connectivity index (χ3n) is 3.43. The Balaban J connectivity index is 4.02. The summed E-state index contributed by atoms with van der Waals surface area (Å²) in [6.07, 6.45) is -3.11. The number of methoxy groups -OCH3 is 2. The average molecular weight is 326 g/mol. The second-order valence-electron chi connectivity index (χ2n) is 6.03. The maximum atomic E-state index is 9.33. The van der Waals surface area contributed by atoms with Gasteiger partial charge in [-0.3, -0.25) is 0 Å². The van der Waals surface area contributed by atoms with Crippen molar-refractivity contribution >= 4 is 0 Å². The van der Waals surface area contributed by atoms with Crippen LogP contribution < -0.4 is 0 Å². The van der Waals surface area contributed by atoms with Crippen LogP contribution in [0.15, 0.2) is 0 Å². The van der Waals surface area contributed by atoms with E-state index in [1.165, 1.54) is 14.2 Å². The highest BCUT2D eigenvalue weighted by Crippen LogP contribution is 2.22. The van der Waals surface area contributed by atoms with Gasteiger partial charge in [0.15, 0.2) is 12.6 Å².